The van der Waals surface area contributed by atoms with Gasteiger partial charge in [0.1, 0.15) is 10.8 Å². The lowest BCUT2D eigenvalue weighted by atomic mass is 10.2. The number of pyridine rings is 1. The minimum atomic E-state index is -4.71. The molecule has 1 aromatic carbocycles. The fourth-order valence-corrected chi connectivity index (χ4v) is 3.20. The maximum Gasteiger partial charge on any atom is 0.435 e. The van der Waals surface area contributed by atoms with E-state index in [2.05, 4.69) is 25.6 Å². The van der Waals surface area contributed by atoms with Crippen LogP contribution < -0.4 is 11.1 Å². The van der Waals surface area contributed by atoms with E-state index in [-0.39, 0.29) is 40.8 Å². The van der Waals surface area contributed by atoms with E-state index in [0.29, 0.717) is 11.1 Å². The number of carbonyl (C=O) groups is 1. The Morgan fingerprint density at radius 2 is 1.97 bits per heavy atom. The van der Waals surface area contributed by atoms with E-state index in [9.17, 15) is 18.0 Å². The van der Waals surface area contributed by atoms with Gasteiger partial charge in [0.2, 0.25) is 5.91 Å². The summed E-state index contributed by atoms with van der Waals surface area (Å²) in [7, 11) is 0. The van der Waals surface area contributed by atoms with Gasteiger partial charge in [0, 0.05) is 18.8 Å². The van der Waals surface area contributed by atoms with Crippen molar-refractivity contribution in [2.24, 2.45) is 5.73 Å². The number of aromatic nitrogens is 5. The first kappa shape index (κ1) is 23.4. The molecule has 0 radical (unpaired) electrons. The minimum absolute atomic E-state index is 0.0122. The second kappa shape index (κ2) is 9.23. The summed E-state index contributed by atoms with van der Waals surface area (Å²) >= 11 is 6.05. The molecule has 4 rings (SSSR count). The van der Waals surface area contributed by atoms with E-state index < -0.39 is 17.9 Å². The van der Waals surface area contributed by atoms with Gasteiger partial charge in [0.05, 0.1) is 17.3 Å². The van der Waals surface area contributed by atoms with Crippen molar-refractivity contribution in [1.29, 1.82) is 0 Å². The third-order valence-electron chi connectivity index (χ3n) is 4.67. The fourth-order valence-electron chi connectivity index (χ4n) is 3.00. The summed E-state index contributed by atoms with van der Waals surface area (Å²) in [4.78, 5) is 15.7. The Morgan fingerprint density at radius 3 is 2.68 bits per heavy atom. The van der Waals surface area contributed by atoms with E-state index in [1.54, 1.807) is 36.4 Å². The van der Waals surface area contributed by atoms with Crippen LogP contribution in [0, 0.1) is 0 Å². The van der Waals surface area contributed by atoms with Crippen LogP contribution in [0.15, 0.2) is 53.1 Å². The zero-order valence-electron chi connectivity index (χ0n) is 17.5. The summed E-state index contributed by atoms with van der Waals surface area (Å²) in [6.07, 6.45) is -3.24. The van der Waals surface area contributed by atoms with Crippen LogP contribution in [-0.4, -0.2) is 36.9 Å². The van der Waals surface area contributed by atoms with Crippen LogP contribution in [0.3, 0.4) is 0 Å². The third kappa shape index (κ3) is 4.92. The molecule has 34 heavy (non-hydrogen) atoms. The normalized spacial score (nSPS) is 12.5. The van der Waals surface area contributed by atoms with Crippen LogP contribution in [0.25, 0.3) is 28.7 Å². The molecule has 13 heteroatoms. The second-order valence-corrected chi connectivity index (χ2v) is 7.61. The van der Waals surface area contributed by atoms with Gasteiger partial charge in [-0.1, -0.05) is 23.7 Å². The van der Waals surface area contributed by atoms with Gasteiger partial charge >= 0.3 is 6.18 Å². The number of carbonyl (C=O) groups excluding carboxylic acids is 1. The molecule has 0 spiro atoms. The van der Waals surface area contributed by atoms with Crippen molar-refractivity contribution < 1.29 is 22.4 Å². The molecule has 0 aliphatic heterocycles. The molecule has 3 heterocycles. The molecule has 1 amide bonds. The van der Waals surface area contributed by atoms with Crippen LogP contribution in [0.2, 0.25) is 5.15 Å². The highest BCUT2D eigenvalue weighted by Gasteiger charge is 2.36. The van der Waals surface area contributed by atoms with Gasteiger partial charge in [-0.05, 0) is 36.8 Å². The number of nitrogens with zero attached hydrogens (tertiary/aromatic N) is 5. The van der Waals surface area contributed by atoms with Crippen LogP contribution in [0.5, 0.6) is 0 Å². The summed E-state index contributed by atoms with van der Waals surface area (Å²) in [6, 6.07) is 9.76. The van der Waals surface area contributed by atoms with Crippen LogP contribution in [-0.2, 0) is 17.5 Å². The van der Waals surface area contributed by atoms with E-state index >= 15 is 0 Å². The topological polar surface area (TPSA) is 125 Å². The lowest BCUT2D eigenvalue weighted by Gasteiger charge is -2.10. The fraction of sp³-hybridized carbons (Fsp3) is 0.190. The zero-order chi connectivity index (χ0) is 24.5. The first-order valence-corrected chi connectivity index (χ1v) is 10.3. The first-order chi connectivity index (χ1) is 16.1. The predicted octanol–water partition coefficient (Wildman–Crippen LogP) is 3.62. The van der Waals surface area contributed by atoms with Crippen molar-refractivity contribution in [1.82, 2.24) is 30.3 Å². The number of amides is 1. The zero-order valence-corrected chi connectivity index (χ0v) is 18.3. The molecule has 0 saturated heterocycles. The first-order valence-electron chi connectivity index (χ1n) is 9.88. The molecule has 0 aliphatic rings. The number of nitrogens with one attached hydrogen (secondary N) is 1. The molecule has 0 bridgehead atoms. The molecular formula is C21H17ClF3N7O2. The van der Waals surface area contributed by atoms with E-state index in [1.807, 2.05) is 0 Å². The number of hydrogen-bond donors (Lipinski definition) is 2. The number of rotatable bonds is 6. The van der Waals surface area contributed by atoms with Gasteiger partial charge < -0.3 is 15.5 Å². The van der Waals surface area contributed by atoms with E-state index in [4.69, 9.17) is 21.8 Å². The highest BCUT2D eigenvalue weighted by Crippen LogP contribution is 2.34. The molecule has 176 valence electrons. The van der Waals surface area contributed by atoms with E-state index in [0.717, 1.165) is 10.7 Å². The number of benzene rings is 1. The Bertz CT molecular complexity index is 1330. The average molecular weight is 492 g/mol. The number of alkyl halides is 3. The average Bonchev–Trinajstić information content (AvgIpc) is 3.45. The smallest absolute Gasteiger partial charge is 0.414 e. The number of nitrogens with two attached hydrogens (primary N) is 1. The Balaban J connectivity index is 1.74. The maximum atomic E-state index is 13.5. The van der Waals surface area contributed by atoms with Crippen LogP contribution in [0.4, 0.5) is 13.2 Å². The van der Waals surface area contributed by atoms with Crippen LogP contribution in [0.1, 0.15) is 18.2 Å². The highest BCUT2D eigenvalue weighted by atomic mass is 35.5. The van der Waals surface area contributed by atoms with E-state index in [1.165, 1.54) is 13.1 Å². The SMILES string of the molecule is C[C@H](N)C(=O)NCc1cccc(-n2nc(C(F)(F)F)cc2-c2nnc(-c3cccnc3Cl)o2)c1. The van der Waals surface area contributed by atoms with Gasteiger partial charge in [-0.25, -0.2) is 9.67 Å². The quantitative estimate of drug-likeness (QED) is 0.395. The monoisotopic (exact) mass is 491 g/mol. The van der Waals surface area contributed by atoms with Crippen molar-refractivity contribution in [3.63, 3.8) is 0 Å². The molecule has 3 N–H and O–H groups in total. The van der Waals surface area contributed by atoms with Crippen LogP contribution >= 0.6 is 11.6 Å². The standard InChI is InChI=1S/C21H17ClF3N7O2/c1-11(26)18(33)28-10-12-4-2-5-13(8-12)32-15(9-16(31-32)21(23,24)25)20-30-29-19(34-20)14-6-3-7-27-17(14)22/h2-9,11H,10,26H2,1H3,(H,28,33)/t11-/m0/s1. The Labute approximate surface area is 195 Å². The third-order valence-corrected chi connectivity index (χ3v) is 4.97. The predicted molar refractivity (Wildman–Crippen MR) is 116 cm³/mol. The highest BCUT2D eigenvalue weighted by molar-refractivity contribution is 6.31. The summed E-state index contributed by atoms with van der Waals surface area (Å²) < 4.78 is 47.1. The molecule has 3 aromatic heterocycles. The Kier molecular flexibility index (Phi) is 6.35. The van der Waals surface area contributed by atoms with Gasteiger partial charge in [-0.3, -0.25) is 4.79 Å². The summed E-state index contributed by atoms with van der Waals surface area (Å²) in [5.74, 6) is -0.577. The van der Waals surface area contributed by atoms with Gasteiger partial charge in [-0.15, -0.1) is 10.2 Å². The minimum Gasteiger partial charge on any atom is -0.414 e. The van der Waals surface area contributed by atoms with Gasteiger partial charge in [-0.2, -0.15) is 18.3 Å². The van der Waals surface area contributed by atoms with Crippen molar-refractivity contribution in [3.05, 3.63) is 65.1 Å². The van der Waals surface area contributed by atoms with Crippen molar-refractivity contribution in [2.45, 2.75) is 25.7 Å². The molecule has 4 aromatic rings. The van der Waals surface area contributed by atoms with Crippen molar-refractivity contribution in [3.8, 4) is 28.7 Å². The number of hydrogen-bond acceptors (Lipinski definition) is 7. The molecule has 0 aliphatic carbocycles. The van der Waals surface area contributed by atoms with Crippen molar-refractivity contribution >= 4 is 17.5 Å². The number of halogens is 4. The molecule has 0 saturated carbocycles. The Hall–Kier alpha value is -3.77. The molecule has 1 atom stereocenters. The van der Waals surface area contributed by atoms with Gasteiger partial charge in [0.15, 0.2) is 5.69 Å². The molecular weight excluding hydrogens is 475 g/mol. The second-order valence-electron chi connectivity index (χ2n) is 7.25. The largest absolute Gasteiger partial charge is 0.435 e. The molecule has 0 unspecified atom stereocenters. The summed E-state index contributed by atoms with van der Waals surface area (Å²) in [5.41, 5.74) is 5.55. The lowest BCUT2D eigenvalue weighted by Crippen LogP contribution is -2.37. The van der Waals surface area contributed by atoms with Gasteiger partial charge in [0.25, 0.3) is 11.8 Å². The summed E-state index contributed by atoms with van der Waals surface area (Å²) in [5, 5.41) is 14.2. The maximum absolute atomic E-state index is 13.5. The molecule has 0 fully saturated rings. The Morgan fingerprint density at radius 1 is 1.21 bits per heavy atom. The molecule has 9 nitrogen and oxygen atoms in total. The summed E-state index contributed by atoms with van der Waals surface area (Å²) in [6.45, 7) is 1.67. The lowest BCUT2D eigenvalue weighted by molar-refractivity contribution is -0.141. The van der Waals surface area contributed by atoms with Crippen molar-refractivity contribution in [2.75, 3.05) is 0 Å².